The number of hydrogen-bond donors (Lipinski definition) is 1. The Labute approximate surface area is 158 Å². The number of benzene rings is 2. The summed E-state index contributed by atoms with van der Waals surface area (Å²) in [4.78, 5) is 12.6. The van der Waals surface area contributed by atoms with Gasteiger partial charge in [-0.3, -0.25) is 4.79 Å². The van der Waals surface area contributed by atoms with Crippen LogP contribution in [0.3, 0.4) is 0 Å². The Morgan fingerprint density at radius 3 is 2.74 bits per heavy atom. The number of carbonyl (C=O) groups is 1. The number of aromatic nitrogens is 2. The van der Waals surface area contributed by atoms with Crippen LogP contribution in [0.5, 0.6) is 0 Å². The average Bonchev–Trinajstić information content (AvgIpc) is 3.23. The molecule has 0 radical (unpaired) electrons. The molecular weight excluding hydrogens is 341 g/mol. The van der Waals surface area contributed by atoms with E-state index in [4.69, 9.17) is 0 Å². The smallest absolute Gasteiger partial charge is 0.266 e. The van der Waals surface area contributed by atoms with Gasteiger partial charge in [0, 0.05) is 11.3 Å². The predicted molar refractivity (Wildman–Crippen MR) is 103 cm³/mol. The number of nitrogens with zero attached hydrogens (tertiary/aromatic N) is 2. The molecule has 2 aromatic carbocycles. The zero-order valence-electron chi connectivity index (χ0n) is 15.6. The van der Waals surface area contributed by atoms with Crippen LogP contribution in [0.15, 0.2) is 48.7 Å². The second kappa shape index (κ2) is 6.99. The van der Waals surface area contributed by atoms with E-state index in [2.05, 4.69) is 9.88 Å². The van der Waals surface area contributed by atoms with Gasteiger partial charge < -0.3 is 5.32 Å². The first-order valence-corrected chi connectivity index (χ1v) is 9.26. The zero-order chi connectivity index (χ0) is 19.0. The maximum atomic E-state index is 13.3. The quantitative estimate of drug-likeness (QED) is 0.703. The van der Waals surface area contributed by atoms with E-state index in [1.807, 2.05) is 42.8 Å². The molecule has 4 nitrogen and oxygen atoms in total. The summed E-state index contributed by atoms with van der Waals surface area (Å²) in [6.07, 6.45) is 4.01. The Morgan fingerprint density at radius 1 is 1.19 bits per heavy atom. The molecule has 1 N–H and O–H groups in total. The van der Waals surface area contributed by atoms with Gasteiger partial charge in [0.2, 0.25) is 0 Å². The lowest BCUT2D eigenvalue weighted by molar-refractivity contribution is -0.690. The largest absolute Gasteiger partial charge is 0.322 e. The summed E-state index contributed by atoms with van der Waals surface area (Å²) in [5.41, 5.74) is 5.02. The fourth-order valence-corrected chi connectivity index (χ4v) is 3.71. The summed E-state index contributed by atoms with van der Waals surface area (Å²) in [6.45, 7) is 5.20. The highest BCUT2D eigenvalue weighted by molar-refractivity contribution is 5.90. The van der Waals surface area contributed by atoms with Crippen molar-refractivity contribution in [2.24, 2.45) is 0 Å². The maximum absolute atomic E-state index is 13.3. The van der Waals surface area contributed by atoms with E-state index in [-0.39, 0.29) is 18.3 Å². The van der Waals surface area contributed by atoms with Gasteiger partial charge in [-0.25, -0.2) is 13.5 Å². The number of carbonyl (C=O) groups excluding carboxylic acids is 1. The minimum atomic E-state index is -0.243. The number of hydrogen-bond acceptors (Lipinski definition) is 1. The minimum Gasteiger partial charge on any atom is -0.322 e. The number of imidazole rings is 1. The highest BCUT2D eigenvalue weighted by Crippen LogP contribution is 2.25. The van der Waals surface area contributed by atoms with Crippen LogP contribution in [0.25, 0.3) is 11.3 Å². The van der Waals surface area contributed by atoms with Gasteiger partial charge in [-0.15, -0.1) is 0 Å². The highest BCUT2D eigenvalue weighted by Gasteiger charge is 2.29. The second-order valence-corrected chi connectivity index (χ2v) is 7.19. The summed E-state index contributed by atoms with van der Waals surface area (Å²) in [5.74, 6) is 0.859. The monoisotopic (exact) mass is 364 g/mol. The average molecular weight is 364 g/mol. The van der Waals surface area contributed by atoms with Gasteiger partial charge in [0.1, 0.15) is 12.0 Å². The summed E-state index contributed by atoms with van der Waals surface area (Å²) in [7, 11) is 0. The molecule has 4 rings (SSSR count). The topological polar surface area (TPSA) is 37.9 Å². The van der Waals surface area contributed by atoms with Crippen molar-refractivity contribution < 1.29 is 13.8 Å². The minimum absolute atomic E-state index is 0.0420. The van der Waals surface area contributed by atoms with Crippen molar-refractivity contribution in [1.82, 2.24) is 4.57 Å². The van der Waals surface area contributed by atoms with Crippen LogP contribution in [0.2, 0.25) is 0 Å². The summed E-state index contributed by atoms with van der Waals surface area (Å²) < 4.78 is 17.5. The third-order valence-corrected chi connectivity index (χ3v) is 5.12. The molecular formula is C22H23FN3O+. The zero-order valence-corrected chi connectivity index (χ0v) is 15.6. The van der Waals surface area contributed by atoms with Crippen LogP contribution in [-0.4, -0.2) is 10.5 Å². The van der Waals surface area contributed by atoms with Crippen molar-refractivity contribution in [2.45, 2.75) is 39.8 Å². The molecule has 1 amide bonds. The Balaban J connectivity index is 1.59. The van der Waals surface area contributed by atoms with E-state index < -0.39 is 0 Å². The molecule has 0 fully saturated rings. The molecule has 0 spiro atoms. The lowest BCUT2D eigenvalue weighted by Crippen LogP contribution is -2.42. The molecule has 0 bridgehead atoms. The van der Waals surface area contributed by atoms with Gasteiger partial charge in [0.05, 0.1) is 13.0 Å². The SMILES string of the molecule is Cc1ccc(C)c(NC(=O)C[n+]2cc(-c3ccc(F)cc3)n3c2CCC3)c1. The molecule has 1 aliphatic heterocycles. The van der Waals surface area contributed by atoms with Crippen molar-refractivity contribution in [3.8, 4) is 11.3 Å². The summed E-state index contributed by atoms with van der Waals surface area (Å²) in [5, 5.41) is 3.03. The van der Waals surface area contributed by atoms with Crippen LogP contribution in [0.4, 0.5) is 10.1 Å². The molecule has 0 saturated heterocycles. The Kier molecular flexibility index (Phi) is 4.52. The van der Waals surface area contributed by atoms with Crippen molar-refractivity contribution in [2.75, 3.05) is 5.32 Å². The van der Waals surface area contributed by atoms with E-state index in [0.717, 1.165) is 53.3 Å². The van der Waals surface area contributed by atoms with Gasteiger partial charge in [0.25, 0.3) is 11.7 Å². The Morgan fingerprint density at radius 2 is 1.96 bits per heavy atom. The van der Waals surface area contributed by atoms with Crippen molar-refractivity contribution >= 4 is 11.6 Å². The number of halogens is 1. The van der Waals surface area contributed by atoms with Gasteiger partial charge in [-0.05, 0) is 61.7 Å². The van der Waals surface area contributed by atoms with Gasteiger partial charge in [-0.2, -0.15) is 0 Å². The summed E-state index contributed by atoms with van der Waals surface area (Å²) in [6, 6.07) is 12.6. The van der Waals surface area contributed by atoms with E-state index in [1.54, 1.807) is 12.1 Å². The van der Waals surface area contributed by atoms with Crippen molar-refractivity contribution in [1.29, 1.82) is 0 Å². The number of rotatable bonds is 4. The second-order valence-electron chi connectivity index (χ2n) is 7.19. The molecule has 5 heteroatoms. The van der Waals surface area contributed by atoms with E-state index in [9.17, 15) is 9.18 Å². The molecule has 0 atom stereocenters. The maximum Gasteiger partial charge on any atom is 0.266 e. The molecule has 0 saturated carbocycles. The van der Waals surface area contributed by atoms with Gasteiger partial charge in [-0.1, -0.05) is 12.1 Å². The molecule has 138 valence electrons. The molecule has 1 aliphatic rings. The lowest BCUT2D eigenvalue weighted by Gasteiger charge is -2.08. The van der Waals surface area contributed by atoms with Crippen LogP contribution >= 0.6 is 0 Å². The van der Waals surface area contributed by atoms with Crippen LogP contribution < -0.4 is 9.88 Å². The van der Waals surface area contributed by atoms with Crippen molar-refractivity contribution in [3.05, 3.63) is 71.4 Å². The van der Waals surface area contributed by atoms with E-state index in [1.165, 1.54) is 12.1 Å². The van der Waals surface area contributed by atoms with Crippen LogP contribution in [-0.2, 0) is 24.3 Å². The first-order valence-electron chi connectivity index (χ1n) is 9.26. The molecule has 0 unspecified atom stereocenters. The van der Waals surface area contributed by atoms with Gasteiger partial charge in [0.15, 0.2) is 12.2 Å². The molecule has 2 heterocycles. The Hall–Kier alpha value is -2.95. The number of nitrogens with one attached hydrogen (secondary N) is 1. The predicted octanol–water partition coefficient (Wildman–Crippen LogP) is 3.78. The lowest BCUT2D eigenvalue weighted by atomic mass is 10.1. The number of anilines is 1. The number of aryl methyl sites for hydroxylation is 2. The number of fused-ring (bicyclic) bond motifs is 1. The highest BCUT2D eigenvalue weighted by atomic mass is 19.1. The third kappa shape index (κ3) is 3.50. The molecule has 27 heavy (non-hydrogen) atoms. The van der Waals surface area contributed by atoms with Crippen molar-refractivity contribution in [3.63, 3.8) is 0 Å². The fraction of sp³-hybridized carbons (Fsp3) is 0.273. The first kappa shape index (κ1) is 17.5. The fourth-order valence-electron chi connectivity index (χ4n) is 3.71. The standard InChI is InChI=1S/C22H22FN3O/c1-15-5-6-16(2)19(12-15)24-21(27)14-25-13-20(26-11-3-4-22(25)26)17-7-9-18(23)10-8-17/h5-10,12-13H,3-4,11,14H2,1-2H3/p+1. The third-order valence-electron chi connectivity index (χ3n) is 5.12. The van der Waals surface area contributed by atoms with Crippen LogP contribution in [0, 0.1) is 19.7 Å². The van der Waals surface area contributed by atoms with Crippen LogP contribution in [0.1, 0.15) is 23.4 Å². The molecule has 0 aliphatic carbocycles. The molecule has 3 aromatic rings. The van der Waals surface area contributed by atoms with E-state index >= 15 is 0 Å². The first-order chi connectivity index (χ1) is 13.0. The van der Waals surface area contributed by atoms with E-state index in [0.29, 0.717) is 0 Å². The Bertz CT molecular complexity index is 1010. The number of amides is 1. The molecule has 1 aromatic heterocycles. The summed E-state index contributed by atoms with van der Waals surface area (Å²) >= 11 is 0. The normalized spacial score (nSPS) is 12.9. The van der Waals surface area contributed by atoms with Gasteiger partial charge >= 0.3 is 0 Å².